The molecule has 0 amide bonds. The van der Waals surface area contributed by atoms with E-state index in [9.17, 15) is 9.59 Å². The van der Waals surface area contributed by atoms with E-state index < -0.39 is 5.60 Å². The molecule has 6 heterocycles. The maximum Gasteiger partial charge on any atom is 0.306 e. The Labute approximate surface area is 461 Å². The van der Waals surface area contributed by atoms with Crippen LogP contribution in [0.15, 0.2) is 95.9 Å². The molecule has 3 aliphatic rings. The number of piperidine rings is 3. The summed E-state index contributed by atoms with van der Waals surface area (Å²) < 4.78 is 28.0. The molecule has 0 saturated carbocycles. The lowest BCUT2D eigenvalue weighted by atomic mass is 9.87. The van der Waals surface area contributed by atoms with Gasteiger partial charge in [0.25, 0.3) is 0 Å². The van der Waals surface area contributed by atoms with Crippen LogP contribution in [-0.2, 0) is 19.1 Å². The summed E-state index contributed by atoms with van der Waals surface area (Å²) in [6.45, 7) is 24.0. The van der Waals surface area contributed by atoms with E-state index in [0.717, 1.165) is 119 Å². The number of anilines is 2. The molecular weight excluding hydrogens is 1020 g/mol. The van der Waals surface area contributed by atoms with Crippen LogP contribution in [-0.4, -0.2) is 105 Å². The lowest BCUT2D eigenvalue weighted by Gasteiger charge is -2.38. The highest BCUT2D eigenvalue weighted by atomic mass is 79.9. The van der Waals surface area contributed by atoms with Gasteiger partial charge >= 0.3 is 11.9 Å². The highest BCUT2D eigenvalue weighted by Gasteiger charge is 2.30. The second-order valence-corrected chi connectivity index (χ2v) is 23.4. The Morgan fingerprint density at radius 2 is 1.00 bits per heavy atom. The van der Waals surface area contributed by atoms with Crippen LogP contribution in [0.1, 0.15) is 102 Å². The van der Waals surface area contributed by atoms with Crippen molar-refractivity contribution in [1.82, 2.24) is 20.3 Å². The SMILES string of the molecule is C.COc1ccc(Br)c2cccnc12.COc1ccc(N2C[C@@H](C)C[C@@H](CC(=O)OC(C)(C)C)C2)c2cccnc12.COc1ccc(N2C[C@@H](C)C[C@@H](N)C2)c2cccnc12.C[C@@H]1CNC[C@H](CC(=O)OC(C)(C)C)C1. The first-order valence-electron chi connectivity index (χ1n) is 26.5. The molecule has 414 valence electrons. The number of rotatable bonds is 9. The maximum absolute atomic E-state index is 12.3. The fourth-order valence-electron chi connectivity index (χ4n) is 10.5. The Hall–Kier alpha value is -5.77. The number of hydrogen-bond donors (Lipinski definition) is 2. The van der Waals surface area contributed by atoms with E-state index in [1.807, 2.05) is 90.1 Å². The monoisotopic (exact) mass is 1110 g/mol. The summed E-state index contributed by atoms with van der Waals surface area (Å²) in [7, 11) is 5.00. The molecule has 0 spiro atoms. The molecule has 3 aromatic carbocycles. The number of esters is 2. The van der Waals surface area contributed by atoms with Crippen LogP contribution in [0.5, 0.6) is 17.2 Å². The molecule has 0 radical (unpaired) electrons. The van der Waals surface area contributed by atoms with E-state index in [-0.39, 0.29) is 36.9 Å². The number of fused-ring (bicyclic) bond motifs is 3. The average molecular weight is 1110 g/mol. The topological polar surface area (TPSA) is 163 Å². The number of nitrogens with two attached hydrogens (primary N) is 1. The van der Waals surface area contributed by atoms with Gasteiger partial charge in [0.15, 0.2) is 0 Å². The number of ether oxygens (including phenoxy) is 5. The highest BCUT2D eigenvalue weighted by molar-refractivity contribution is 9.10. The summed E-state index contributed by atoms with van der Waals surface area (Å²) in [6.07, 6.45) is 9.64. The summed E-state index contributed by atoms with van der Waals surface area (Å²) in [5, 5.41) is 6.63. The number of aromatic nitrogens is 3. The maximum atomic E-state index is 12.3. The standard InChI is InChI=1S/C22H30N2O3.C16H21N3O.C12H23NO2.C10H8BrNO.CH4/c1-15-11-16(12-20(25)27-22(2,3)4)14-24(13-15)18-8-9-19(26-5)21-17(18)7-6-10-23-21;1-11-8-12(17)10-19(9-11)14-5-6-15(20-2)16-13(14)4-3-7-18-16;1-9-5-10(8-13-7-9)6-11(14)15-12(2,3)4;1-13-9-5-4-8(11)7-3-2-6-12-10(7)9;/h6-10,15-16H,11-14H2,1-5H3;3-7,11-12H,8-10,17H2,1-2H3;9-10,13H,5-8H2,1-4H3;2-6H,1H3;1H4/t15-,16-;11-,12+;9-,10-;;/m000../s1. The van der Waals surface area contributed by atoms with Crippen LogP contribution in [0, 0.1) is 29.6 Å². The Kier molecular flexibility index (Phi) is 22.5. The van der Waals surface area contributed by atoms with Gasteiger partial charge in [-0.25, -0.2) is 0 Å². The number of hydrogen-bond acceptors (Lipinski definition) is 14. The van der Waals surface area contributed by atoms with Crippen LogP contribution in [0.3, 0.4) is 0 Å². The van der Waals surface area contributed by atoms with Gasteiger partial charge in [-0.1, -0.05) is 50.2 Å². The van der Waals surface area contributed by atoms with Crippen molar-refractivity contribution >= 4 is 72.0 Å². The van der Waals surface area contributed by atoms with E-state index in [4.69, 9.17) is 29.4 Å². The molecule has 14 nitrogen and oxygen atoms in total. The van der Waals surface area contributed by atoms with E-state index in [1.165, 1.54) is 5.69 Å². The van der Waals surface area contributed by atoms with Crippen molar-refractivity contribution in [3.63, 3.8) is 0 Å². The first-order valence-corrected chi connectivity index (χ1v) is 27.2. The summed E-state index contributed by atoms with van der Waals surface area (Å²) in [5.41, 5.74) is 10.4. The number of halogens is 1. The molecule has 3 aliphatic heterocycles. The minimum Gasteiger partial charge on any atom is -0.494 e. The average Bonchev–Trinajstić information content (AvgIpc) is 3.35. The number of carbonyl (C=O) groups excluding carboxylic acids is 2. The highest BCUT2D eigenvalue weighted by Crippen LogP contribution is 2.37. The molecule has 0 unspecified atom stereocenters. The minimum atomic E-state index is -0.436. The third kappa shape index (κ3) is 17.6. The summed E-state index contributed by atoms with van der Waals surface area (Å²) in [5.74, 6) is 4.77. The zero-order chi connectivity index (χ0) is 54.5. The van der Waals surface area contributed by atoms with Crippen molar-refractivity contribution in [3.05, 3.63) is 95.9 Å². The fraction of sp³-hybridized carbons (Fsp3) is 0.525. The van der Waals surface area contributed by atoms with Crippen LogP contribution in [0.2, 0.25) is 0 Å². The Balaban J connectivity index is 0.000000194. The molecule has 15 heteroatoms. The Bertz CT molecular complexity index is 2810. The van der Waals surface area contributed by atoms with Crippen molar-refractivity contribution in [2.24, 2.45) is 35.3 Å². The molecule has 3 N–H and O–H groups in total. The summed E-state index contributed by atoms with van der Waals surface area (Å²) in [6, 6.07) is 24.3. The molecule has 0 bridgehead atoms. The van der Waals surface area contributed by atoms with E-state index in [0.29, 0.717) is 36.5 Å². The number of pyridine rings is 3. The third-order valence-electron chi connectivity index (χ3n) is 13.3. The Morgan fingerprint density at radius 1 is 0.579 bits per heavy atom. The number of benzene rings is 3. The summed E-state index contributed by atoms with van der Waals surface area (Å²) >= 11 is 3.46. The predicted molar refractivity (Wildman–Crippen MR) is 314 cm³/mol. The smallest absolute Gasteiger partial charge is 0.306 e. The van der Waals surface area contributed by atoms with Gasteiger partial charge in [-0.05, 0) is 170 Å². The minimum absolute atomic E-state index is 0. The number of nitrogens with zero attached hydrogens (tertiary/aromatic N) is 5. The fourth-order valence-corrected chi connectivity index (χ4v) is 11.0. The zero-order valence-electron chi connectivity index (χ0n) is 46.5. The Morgan fingerprint density at radius 3 is 1.46 bits per heavy atom. The normalized spacial score (nSPS) is 20.6. The quantitative estimate of drug-likeness (QED) is 0.131. The van der Waals surface area contributed by atoms with Gasteiger partial charge in [0.1, 0.15) is 45.0 Å². The molecule has 6 atom stereocenters. The van der Waals surface area contributed by atoms with E-state index in [2.05, 4.69) is 91.0 Å². The molecule has 6 aromatic rings. The molecule has 76 heavy (non-hydrogen) atoms. The predicted octanol–water partition coefficient (Wildman–Crippen LogP) is 12.5. The van der Waals surface area contributed by atoms with Gasteiger partial charge in [0.2, 0.25) is 0 Å². The van der Waals surface area contributed by atoms with Gasteiger partial charge in [0.05, 0.1) is 27.8 Å². The van der Waals surface area contributed by atoms with E-state index >= 15 is 0 Å². The van der Waals surface area contributed by atoms with Gasteiger partial charge in [-0.3, -0.25) is 24.5 Å². The molecule has 9 rings (SSSR count). The molecule has 3 aromatic heterocycles. The first-order chi connectivity index (χ1) is 35.6. The summed E-state index contributed by atoms with van der Waals surface area (Å²) in [4.78, 5) is 41.9. The lowest BCUT2D eigenvalue weighted by Crippen LogP contribution is -2.46. The van der Waals surface area contributed by atoms with Crippen molar-refractivity contribution in [2.45, 2.75) is 119 Å². The van der Waals surface area contributed by atoms with Crippen LogP contribution < -0.4 is 35.1 Å². The van der Waals surface area contributed by atoms with Crippen molar-refractivity contribution in [2.75, 3.05) is 70.4 Å². The van der Waals surface area contributed by atoms with Crippen molar-refractivity contribution in [1.29, 1.82) is 0 Å². The van der Waals surface area contributed by atoms with Crippen LogP contribution >= 0.6 is 15.9 Å². The van der Waals surface area contributed by atoms with Crippen LogP contribution in [0.25, 0.3) is 32.7 Å². The van der Waals surface area contributed by atoms with Gasteiger partial charge in [-0.2, -0.15) is 0 Å². The van der Waals surface area contributed by atoms with E-state index in [1.54, 1.807) is 39.9 Å². The number of methoxy groups -OCH3 is 3. The molecule has 3 fully saturated rings. The van der Waals surface area contributed by atoms with Crippen molar-refractivity contribution in [3.8, 4) is 17.2 Å². The van der Waals surface area contributed by atoms with Gasteiger partial charge in [0, 0.05) is 89.2 Å². The number of carbonyl (C=O) groups is 2. The van der Waals surface area contributed by atoms with Gasteiger partial charge in [-0.15, -0.1) is 0 Å². The van der Waals surface area contributed by atoms with Crippen LogP contribution in [0.4, 0.5) is 11.4 Å². The second-order valence-electron chi connectivity index (χ2n) is 22.6. The van der Waals surface area contributed by atoms with Crippen molar-refractivity contribution < 1.29 is 33.3 Å². The zero-order valence-corrected chi connectivity index (χ0v) is 48.0. The molecular formula is C61H86BrN7O7. The van der Waals surface area contributed by atoms with Gasteiger partial charge < -0.3 is 44.5 Å². The first kappa shape index (κ1) is 61.1. The lowest BCUT2D eigenvalue weighted by molar-refractivity contribution is -0.157. The third-order valence-corrected chi connectivity index (χ3v) is 14.0. The largest absolute Gasteiger partial charge is 0.494 e. The molecule has 0 aliphatic carbocycles. The molecule has 3 saturated heterocycles. The second kappa shape index (κ2) is 28.0. The number of nitrogens with one attached hydrogen (secondary N) is 1.